The maximum atomic E-state index is 13.0. The molecule has 0 spiro atoms. The first-order valence-electron chi connectivity index (χ1n) is 11.8. The Kier molecular flexibility index (Phi) is 7.70. The first-order valence-corrected chi connectivity index (χ1v) is 12.2. The fourth-order valence-electron chi connectivity index (χ4n) is 4.15. The van der Waals surface area contributed by atoms with Gasteiger partial charge in [-0.1, -0.05) is 44.5 Å². The lowest BCUT2D eigenvalue weighted by molar-refractivity contribution is -0.137. The van der Waals surface area contributed by atoms with Gasteiger partial charge in [0.2, 0.25) is 0 Å². The summed E-state index contributed by atoms with van der Waals surface area (Å²) in [5.41, 5.74) is 1.71. The summed E-state index contributed by atoms with van der Waals surface area (Å²) >= 11 is 6.70. The number of ether oxygens (including phenoxy) is 2. The molecule has 34 heavy (non-hydrogen) atoms. The average Bonchev–Trinajstić information content (AvgIpc) is 3.06. The summed E-state index contributed by atoms with van der Waals surface area (Å²) in [6, 6.07) is 5.58. The number of amides is 2. The Morgan fingerprint density at radius 1 is 1.29 bits per heavy atom. The fourth-order valence-corrected chi connectivity index (χ4v) is 4.42. The molecule has 0 aromatic heterocycles. The molecule has 2 unspecified atom stereocenters. The van der Waals surface area contributed by atoms with E-state index in [9.17, 15) is 9.59 Å². The van der Waals surface area contributed by atoms with Crippen LogP contribution in [0.4, 0.5) is 4.79 Å². The molecule has 3 rings (SSSR count). The van der Waals surface area contributed by atoms with Crippen molar-refractivity contribution in [2.24, 2.45) is 5.41 Å². The van der Waals surface area contributed by atoms with E-state index in [0.29, 0.717) is 11.6 Å². The number of hydrogen-bond donors (Lipinski definition) is 2. The molecule has 1 saturated heterocycles. The van der Waals surface area contributed by atoms with Crippen molar-refractivity contribution in [2.75, 3.05) is 19.8 Å². The molecule has 0 radical (unpaired) electrons. The molecule has 0 saturated carbocycles. The molecule has 0 bridgehead atoms. The third-order valence-electron chi connectivity index (χ3n) is 6.14. The zero-order chi connectivity index (χ0) is 25.3. The van der Waals surface area contributed by atoms with Gasteiger partial charge in [0, 0.05) is 23.3 Å². The van der Waals surface area contributed by atoms with Gasteiger partial charge >= 0.3 is 12.0 Å². The zero-order valence-corrected chi connectivity index (χ0v) is 21.8. The molecule has 2 heterocycles. The van der Waals surface area contributed by atoms with E-state index >= 15 is 0 Å². The van der Waals surface area contributed by atoms with Crippen LogP contribution in [0, 0.1) is 5.41 Å². The second kappa shape index (κ2) is 9.88. The monoisotopic (exact) mass is 492 g/mol. The van der Waals surface area contributed by atoms with Crippen molar-refractivity contribution in [1.82, 2.24) is 10.2 Å². The highest BCUT2D eigenvalue weighted by Crippen LogP contribution is 2.43. The molecule has 7 nitrogen and oxygen atoms in total. The van der Waals surface area contributed by atoms with Gasteiger partial charge in [-0.25, -0.2) is 4.79 Å². The smallest absolute Gasteiger partial charge is 0.322 e. The highest BCUT2D eigenvalue weighted by atomic mass is 35.5. The number of halogens is 1. The quantitative estimate of drug-likeness (QED) is 0.526. The van der Waals surface area contributed by atoms with Crippen molar-refractivity contribution in [1.29, 1.82) is 0 Å². The van der Waals surface area contributed by atoms with Gasteiger partial charge in [0.1, 0.15) is 11.6 Å². The van der Waals surface area contributed by atoms with E-state index in [2.05, 4.69) is 26.1 Å². The first kappa shape index (κ1) is 26.5. The Morgan fingerprint density at radius 3 is 2.59 bits per heavy atom. The Bertz CT molecular complexity index is 963. The second-order valence-corrected chi connectivity index (χ2v) is 11.8. The number of carbonyl (C=O) groups excluding carboxylic acids is 1. The molecule has 2 N–H and O–H groups in total. The third-order valence-corrected chi connectivity index (χ3v) is 6.49. The molecular formula is C26H37ClN2O5. The van der Waals surface area contributed by atoms with Gasteiger partial charge in [-0.15, -0.1) is 0 Å². The third kappa shape index (κ3) is 6.32. The highest BCUT2D eigenvalue weighted by Gasteiger charge is 2.51. The van der Waals surface area contributed by atoms with Crippen molar-refractivity contribution in [3.8, 4) is 0 Å². The summed E-state index contributed by atoms with van der Waals surface area (Å²) in [6.07, 6.45) is 3.07. The van der Waals surface area contributed by atoms with Crippen LogP contribution in [0.15, 0.2) is 30.0 Å². The average molecular weight is 493 g/mol. The normalized spacial score (nSPS) is 22.9. The van der Waals surface area contributed by atoms with Crippen molar-refractivity contribution < 1.29 is 24.2 Å². The molecule has 1 aromatic rings. The molecule has 8 heteroatoms. The number of carboxylic acid groups (broad SMARTS) is 1. The van der Waals surface area contributed by atoms with E-state index in [4.69, 9.17) is 26.2 Å². The van der Waals surface area contributed by atoms with Crippen LogP contribution in [0.3, 0.4) is 0 Å². The van der Waals surface area contributed by atoms with Gasteiger partial charge in [0.15, 0.2) is 0 Å². The number of aliphatic carboxylic acids is 1. The van der Waals surface area contributed by atoms with E-state index in [0.717, 1.165) is 29.5 Å². The number of carbonyl (C=O) groups is 2. The van der Waals surface area contributed by atoms with Gasteiger partial charge in [-0.05, 0) is 56.2 Å². The predicted molar refractivity (Wildman–Crippen MR) is 132 cm³/mol. The van der Waals surface area contributed by atoms with Gasteiger partial charge in [-0.3, -0.25) is 4.79 Å². The lowest BCUT2D eigenvalue weighted by atomic mass is 9.81. The van der Waals surface area contributed by atoms with Gasteiger partial charge in [-0.2, -0.15) is 0 Å². The van der Waals surface area contributed by atoms with Crippen LogP contribution in [-0.2, 0) is 26.2 Å². The number of rotatable bonds is 8. The predicted octanol–water partition coefficient (Wildman–Crippen LogP) is 5.11. The Balaban J connectivity index is 1.95. The topological polar surface area (TPSA) is 88.1 Å². The minimum atomic E-state index is -0.962. The van der Waals surface area contributed by atoms with Crippen molar-refractivity contribution >= 4 is 23.6 Å². The lowest BCUT2D eigenvalue weighted by Crippen LogP contribution is -2.56. The summed E-state index contributed by atoms with van der Waals surface area (Å²) < 4.78 is 12.1. The second-order valence-electron chi connectivity index (χ2n) is 11.3. The number of aryl methyl sites for hydroxylation is 1. The number of nitrogens with one attached hydrogen (secondary N) is 1. The van der Waals surface area contributed by atoms with Crippen LogP contribution < -0.4 is 5.32 Å². The molecule has 1 fully saturated rings. The first-order chi connectivity index (χ1) is 15.7. The molecule has 188 valence electrons. The van der Waals surface area contributed by atoms with E-state index in [1.165, 1.54) is 4.90 Å². The summed E-state index contributed by atoms with van der Waals surface area (Å²) in [6.45, 7) is 13.2. The number of benzene rings is 1. The summed E-state index contributed by atoms with van der Waals surface area (Å²) in [4.78, 5) is 25.5. The number of fused-ring (bicyclic) bond motifs is 1. The van der Waals surface area contributed by atoms with Gasteiger partial charge in [0.25, 0.3) is 0 Å². The van der Waals surface area contributed by atoms with E-state index < -0.39 is 11.5 Å². The number of carboxylic acids is 1. The molecule has 1 aromatic carbocycles. The van der Waals surface area contributed by atoms with Crippen LogP contribution >= 0.6 is 11.6 Å². The van der Waals surface area contributed by atoms with Gasteiger partial charge < -0.3 is 24.8 Å². The number of hydrogen-bond acceptors (Lipinski definition) is 4. The Labute approximate surface area is 207 Å². The standard InChI is InChI=1S/C26H37ClN2O5/c1-24(2,3)11-9-17-7-8-18(13-20(17)27)26-16-33-21(15-34-25(4,5)6)19(26)14-29(23(32)28-26)12-10-22(30)31/h7-8,13-14,21H,9-12,15-16H2,1-6H3,(H,28,32)(H,30,31). The maximum Gasteiger partial charge on any atom is 0.322 e. The molecule has 2 aliphatic heterocycles. The van der Waals surface area contributed by atoms with Crippen LogP contribution in [0.1, 0.15) is 65.5 Å². The van der Waals surface area contributed by atoms with Crippen LogP contribution in [0.2, 0.25) is 5.02 Å². The fraction of sp³-hybridized carbons (Fsp3) is 0.615. The summed E-state index contributed by atoms with van der Waals surface area (Å²) in [7, 11) is 0. The van der Waals surface area contributed by atoms with E-state index in [1.54, 1.807) is 6.20 Å². The Morgan fingerprint density at radius 2 is 2.00 bits per heavy atom. The minimum absolute atomic E-state index is 0.0695. The zero-order valence-electron chi connectivity index (χ0n) is 21.0. The van der Waals surface area contributed by atoms with Crippen LogP contribution in [-0.4, -0.2) is 53.5 Å². The van der Waals surface area contributed by atoms with Crippen molar-refractivity contribution in [2.45, 2.75) is 78.0 Å². The van der Waals surface area contributed by atoms with E-state index in [-0.39, 0.29) is 42.7 Å². The largest absolute Gasteiger partial charge is 0.481 e. The Hall–Kier alpha value is -2.09. The van der Waals surface area contributed by atoms with E-state index in [1.807, 2.05) is 39.0 Å². The van der Waals surface area contributed by atoms with Crippen molar-refractivity contribution in [3.63, 3.8) is 0 Å². The number of urea groups is 1. The summed E-state index contributed by atoms with van der Waals surface area (Å²) in [5, 5.41) is 12.8. The maximum absolute atomic E-state index is 13.0. The van der Waals surface area contributed by atoms with Crippen LogP contribution in [0.5, 0.6) is 0 Å². The van der Waals surface area contributed by atoms with Gasteiger partial charge in [0.05, 0.1) is 25.2 Å². The summed E-state index contributed by atoms with van der Waals surface area (Å²) in [5.74, 6) is -0.962. The number of nitrogens with zero attached hydrogens (tertiary/aromatic N) is 1. The minimum Gasteiger partial charge on any atom is -0.481 e. The van der Waals surface area contributed by atoms with Crippen LogP contribution in [0.25, 0.3) is 0 Å². The molecule has 0 aliphatic carbocycles. The molecule has 2 aliphatic rings. The molecule has 2 atom stereocenters. The van der Waals surface area contributed by atoms with Crippen molar-refractivity contribution in [3.05, 3.63) is 46.1 Å². The molecule has 2 amide bonds. The lowest BCUT2D eigenvalue weighted by Gasteiger charge is -2.39. The SMILES string of the molecule is CC(C)(C)CCc1ccc(C23COC(COC(C)(C)C)C2=CN(CCC(=O)O)C(=O)N3)cc1Cl. The molecular weight excluding hydrogens is 456 g/mol. The highest BCUT2D eigenvalue weighted by molar-refractivity contribution is 6.31.